The Labute approximate surface area is 96.7 Å². The van der Waals surface area contributed by atoms with Gasteiger partial charge >= 0.3 is 6.18 Å². The molecular weight excluding hydrogens is 235 g/mol. The number of benzene rings is 1. The summed E-state index contributed by atoms with van der Waals surface area (Å²) in [6.45, 7) is 3.16. The van der Waals surface area contributed by atoms with Crippen LogP contribution in [0.2, 0.25) is 0 Å². The number of alkyl halides is 3. The molecule has 0 saturated heterocycles. The molecule has 96 valence electrons. The average Bonchev–Trinajstić information content (AvgIpc) is 2.06. The Bertz CT molecular complexity index is 422. The van der Waals surface area contributed by atoms with Crippen molar-refractivity contribution in [1.29, 1.82) is 0 Å². The predicted octanol–water partition coefficient (Wildman–Crippen LogP) is 2.40. The van der Waals surface area contributed by atoms with Crippen molar-refractivity contribution in [2.75, 3.05) is 0 Å². The van der Waals surface area contributed by atoms with Crippen molar-refractivity contribution in [3.8, 4) is 11.5 Å². The zero-order chi connectivity index (χ0) is 13.4. The first-order valence-corrected chi connectivity index (χ1v) is 4.91. The van der Waals surface area contributed by atoms with Gasteiger partial charge in [0.25, 0.3) is 0 Å². The molecule has 4 N–H and O–H groups in total. The van der Waals surface area contributed by atoms with Crippen molar-refractivity contribution < 1.29 is 23.4 Å². The Morgan fingerprint density at radius 2 is 1.59 bits per heavy atom. The van der Waals surface area contributed by atoms with Crippen LogP contribution in [0.1, 0.15) is 25.0 Å². The van der Waals surface area contributed by atoms with Crippen LogP contribution in [0.5, 0.6) is 11.5 Å². The van der Waals surface area contributed by atoms with E-state index in [0.717, 1.165) is 6.07 Å². The summed E-state index contributed by atoms with van der Waals surface area (Å²) in [5.74, 6) is -1.38. The standard InChI is InChI=1S/C11H14F3NO2/c1-10(2,15)5-6-3-8(16)9(17)4-7(6)11(12,13)14/h3-4,16-17H,5,15H2,1-2H3. The molecule has 0 aliphatic rings. The molecule has 0 amide bonds. The van der Waals surface area contributed by atoms with Gasteiger partial charge in [-0.1, -0.05) is 0 Å². The Morgan fingerprint density at radius 1 is 1.12 bits per heavy atom. The van der Waals surface area contributed by atoms with E-state index < -0.39 is 28.8 Å². The first-order chi connectivity index (χ1) is 7.50. The third-order valence-corrected chi connectivity index (χ3v) is 2.15. The molecule has 0 bridgehead atoms. The number of hydrogen-bond acceptors (Lipinski definition) is 3. The van der Waals surface area contributed by atoms with Gasteiger partial charge in [0.2, 0.25) is 0 Å². The third-order valence-electron chi connectivity index (χ3n) is 2.15. The van der Waals surface area contributed by atoms with E-state index in [4.69, 9.17) is 10.8 Å². The van der Waals surface area contributed by atoms with Gasteiger partial charge in [-0.3, -0.25) is 0 Å². The lowest BCUT2D eigenvalue weighted by atomic mass is 9.92. The summed E-state index contributed by atoms with van der Waals surface area (Å²) in [5.41, 5.74) is 3.69. The van der Waals surface area contributed by atoms with Crippen LogP contribution in [0.15, 0.2) is 12.1 Å². The topological polar surface area (TPSA) is 66.5 Å². The van der Waals surface area contributed by atoms with Crippen molar-refractivity contribution in [3.63, 3.8) is 0 Å². The quantitative estimate of drug-likeness (QED) is 0.705. The van der Waals surface area contributed by atoms with Crippen molar-refractivity contribution >= 4 is 0 Å². The maximum Gasteiger partial charge on any atom is 0.416 e. The minimum atomic E-state index is -4.59. The molecule has 0 saturated carbocycles. The molecule has 0 unspecified atom stereocenters. The summed E-state index contributed by atoms with van der Waals surface area (Å²) in [5, 5.41) is 18.3. The summed E-state index contributed by atoms with van der Waals surface area (Å²) < 4.78 is 38.1. The maximum absolute atomic E-state index is 12.7. The minimum absolute atomic E-state index is 0.0598. The highest BCUT2D eigenvalue weighted by Gasteiger charge is 2.35. The molecule has 6 heteroatoms. The molecule has 0 radical (unpaired) electrons. The van der Waals surface area contributed by atoms with Crippen LogP contribution >= 0.6 is 0 Å². The van der Waals surface area contributed by atoms with Gasteiger partial charge in [-0.15, -0.1) is 0 Å². The van der Waals surface area contributed by atoms with Crippen molar-refractivity contribution in [2.24, 2.45) is 5.73 Å². The van der Waals surface area contributed by atoms with Crippen LogP contribution in [-0.4, -0.2) is 15.8 Å². The number of hydrogen-bond donors (Lipinski definition) is 3. The molecule has 1 aromatic carbocycles. The third kappa shape index (κ3) is 3.52. The highest BCUT2D eigenvalue weighted by Crippen LogP contribution is 2.39. The molecule has 3 nitrogen and oxygen atoms in total. The molecule has 0 aromatic heterocycles. The Hall–Kier alpha value is -1.43. The molecule has 0 aliphatic carbocycles. The number of phenols is 2. The molecule has 1 rings (SSSR count). The van der Waals surface area contributed by atoms with Gasteiger partial charge in [0.15, 0.2) is 11.5 Å². The molecule has 0 fully saturated rings. The van der Waals surface area contributed by atoms with E-state index in [1.54, 1.807) is 13.8 Å². The van der Waals surface area contributed by atoms with Gasteiger partial charge in [0.1, 0.15) is 0 Å². The minimum Gasteiger partial charge on any atom is -0.504 e. The fourth-order valence-electron chi connectivity index (χ4n) is 1.52. The largest absolute Gasteiger partial charge is 0.504 e. The lowest BCUT2D eigenvalue weighted by Gasteiger charge is -2.22. The molecule has 17 heavy (non-hydrogen) atoms. The predicted molar refractivity (Wildman–Crippen MR) is 56.7 cm³/mol. The molecule has 1 aromatic rings. The van der Waals surface area contributed by atoms with Gasteiger partial charge in [0, 0.05) is 5.54 Å². The van der Waals surface area contributed by atoms with Crippen LogP contribution < -0.4 is 5.73 Å². The second-order valence-electron chi connectivity index (χ2n) is 4.66. The van der Waals surface area contributed by atoms with Crippen molar-refractivity contribution in [1.82, 2.24) is 0 Å². The lowest BCUT2D eigenvalue weighted by molar-refractivity contribution is -0.138. The Kier molecular flexibility index (Phi) is 3.29. The Morgan fingerprint density at radius 3 is 2.00 bits per heavy atom. The van der Waals surface area contributed by atoms with Crippen LogP contribution in [0.25, 0.3) is 0 Å². The van der Waals surface area contributed by atoms with Crippen LogP contribution in [0.4, 0.5) is 13.2 Å². The second-order valence-corrected chi connectivity index (χ2v) is 4.66. The number of halogens is 3. The molecular formula is C11H14F3NO2. The van der Waals surface area contributed by atoms with E-state index in [-0.39, 0.29) is 12.0 Å². The highest BCUT2D eigenvalue weighted by atomic mass is 19.4. The SMILES string of the molecule is CC(C)(N)Cc1cc(O)c(O)cc1C(F)(F)F. The van der Waals surface area contributed by atoms with E-state index in [2.05, 4.69) is 0 Å². The fraction of sp³-hybridized carbons (Fsp3) is 0.455. The summed E-state index contributed by atoms with van der Waals surface area (Å²) in [6.07, 6.45) is -4.65. The van der Waals surface area contributed by atoms with Gasteiger partial charge in [-0.25, -0.2) is 0 Å². The van der Waals surface area contributed by atoms with Crippen LogP contribution in [-0.2, 0) is 12.6 Å². The van der Waals surface area contributed by atoms with Gasteiger partial charge in [-0.2, -0.15) is 13.2 Å². The van der Waals surface area contributed by atoms with E-state index in [9.17, 15) is 18.3 Å². The number of nitrogens with two attached hydrogens (primary N) is 1. The van der Waals surface area contributed by atoms with Gasteiger partial charge in [0.05, 0.1) is 5.56 Å². The molecule has 0 heterocycles. The van der Waals surface area contributed by atoms with E-state index in [1.165, 1.54) is 0 Å². The zero-order valence-corrected chi connectivity index (χ0v) is 9.47. The van der Waals surface area contributed by atoms with E-state index in [0.29, 0.717) is 6.07 Å². The number of rotatable bonds is 2. The number of phenolic OH excluding ortho intramolecular Hbond substituents is 2. The number of aromatic hydroxyl groups is 2. The first kappa shape index (κ1) is 13.6. The molecule has 0 aliphatic heterocycles. The second kappa shape index (κ2) is 4.10. The summed E-state index contributed by atoms with van der Waals surface area (Å²) >= 11 is 0. The van der Waals surface area contributed by atoms with Crippen molar-refractivity contribution in [2.45, 2.75) is 32.0 Å². The lowest BCUT2D eigenvalue weighted by Crippen LogP contribution is -2.35. The normalized spacial score (nSPS) is 12.8. The average molecular weight is 249 g/mol. The maximum atomic E-state index is 12.7. The smallest absolute Gasteiger partial charge is 0.416 e. The monoisotopic (exact) mass is 249 g/mol. The molecule has 0 atom stereocenters. The zero-order valence-electron chi connectivity index (χ0n) is 9.47. The molecule has 0 spiro atoms. The van der Waals surface area contributed by atoms with E-state index >= 15 is 0 Å². The summed E-state index contributed by atoms with van der Waals surface area (Å²) in [4.78, 5) is 0. The Balaban J connectivity index is 3.32. The van der Waals surface area contributed by atoms with Gasteiger partial charge in [-0.05, 0) is 38.0 Å². The van der Waals surface area contributed by atoms with Gasteiger partial charge < -0.3 is 15.9 Å². The highest BCUT2D eigenvalue weighted by molar-refractivity contribution is 5.47. The van der Waals surface area contributed by atoms with Crippen molar-refractivity contribution in [3.05, 3.63) is 23.3 Å². The van der Waals surface area contributed by atoms with Crippen LogP contribution in [0, 0.1) is 0 Å². The fourth-order valence-corrected chi connectivity index (χ4v) is 1.52. The summed E-state index contributed by atoms with van der Waals surface area (Å²) in [7, 11) is 0. The first-order valence-electron chi connectivity index (χ1n) is 4.91. The van der Waals surface area contributed by atoms with E-state index in [1.807, 2.05) is 0 Å². The summed E-state index contributed by atoms with van der Waals surface area (Å²) in [6, 6.07) is 1.41. The van der Waals surface area contributed by atoms with Crippen LogP contribution in [0.3, 0.4) is 0 Å².